The average Bonchev–Trinajstić information content (AvgIpc) is 2.21. The van der Waals surface area contributed by atoms with E-state index in [0.717, 1.165) is 12.1 Å². The molecule has 0 radical (unpaired) electrons. The van der Waals surface area contributed by atoms with Crippen LogP contribution in [0, 0.1) is 5.82 Å². The van der Waals surface area contributed by atoms with E-state index < -0.39 is 17.7 Å². The molecule has 1 aromatic rings. The number of nitrogen functional groups attached to an aromatic ring is 1. The third-order valence-electron chi connectivity index (χ3n) is 2.02. The number of amides is 1. The number of halogens is 1. The maximum atomic E-state index is 13.1. The van der Waals surface area contributed by atoms with E-state index in [-0.39, 0.29) is 23.2 Å². The molecule has 0 aromatic heterocycles. The summed E-state index contributed by atoms with van der Waals surface area (Å²) in [6, 6.07) is 1.92. The third kappa shape index (κ3) is 3.30. The number of aromatic carboxylic acids is 1. The molecular formula is C11H11FN2O3. The van der Waals surface area contributed by atoms with Gasteiger partial charge in [0, 0.05) is 12.0 Å². The Bertz CT molecular complexity index is 498. The van der Waals surface area contributed by atoms with Crippen molar-refractivity contribution in [2.24, 2.45) is 5.73 Å². The highest BCUT2D eigenvalue weighted by Crippen LogP contribution is 2.21. The molecule has 0 bridgehead atoms. The van der Waals surface area contributed by atoms with Crippen LogP contribution in [0.4, 0.5) is 10.1 Å². The molecule has 0 heterocycles. The minimum atomic E-state index is -1.31. The van der Waals surface area contributed by atoms with Crippen molar-refractivity contribution in [3.05, 3.63) is 35.2 Å². The van der Waals surface area contributed by atoms with Gasteiger partial charge >= 0.3 is 5.97 Å². The first-order valence-electron chi connectivity index (χ1n) is 4.69. The van der Waals surface area contributed by atoms with Gasteiger partial charge in [0.2, 0.25) is 5.91 Å². The summed E-state index contributed by atoms with van der Waals surface area (Å²) in [6.45, 7) is 0. The molecule has 0 saturated carbocycles. The zero-order valence-electron chi connectivity index (χ0n) is 8.81. The van der Waals surface area contributed by atoms with Crippen molar-refractivity contribution < 1.29 is 19.1 Å². The molecule has 0 atom stereocenters. The van der Waals surface area contributed by atoms with Crippen molar-refractivity contribution in [3.63, 3.8) is 0 Å². The maximum Gasteiger partial charge on any atom is 0.337 e. The molecule has 0 fully saturated rings. The van der Waals surface area contributed by atoms with Gasteiger partial charge in [-0.15, -0.1) is 0 Å². The van der Waals surface area contributed by atoms with E-state index in [2.05, 4.69) is 0 Å². The highest BCUT2D eigenvalue weighted by atomic mass is 19.1. The van der Waals surface area contributed by atoms with E-state index in [1.54, 1.807) is 0 Å². The molecule has 17 heavy (non-hydrogen) atoms. The van der Waals surface area contributed by atoms with Crippen LogP contribution in [0.15, 0.2) is 18.2 Å². The molecule has 0 aliphatic heterocycles. The van der Waals surface area contributed by atoms with E-state index in [4.69, 9.17) is 16.6 Å². The average molecular weight is 238 g/mol. The Morgan fingerprint density at radius 1 is 1.41 bits per heavy atom. The van der Waals surface area contributed by atoms with E-state index in [1.807, 2.05) is 0 Å². The lowest BCUT2D eigenvalue weighted by Gasteiger charge is -2.05. The lowest BCUT2D eigenvalue weighted by molar-refractivity contribution is -0.117. The summed E-state index contributed by atoms with van der Waals surface area (Å²) in [4.78, 5) is 21.3. The number of carboxylic acids is 1. The van der Waals surface area contributed by atoms with Crippen LogP contribution in [-0.4, -0.2) is 17.0 Å². The molecule has 90 valence electrons. The van der Waals surface area contributed by atoms with Crippen molar-refractivity contribution in [1.29, 1.82) is 0 Å². The summed E-state index contributed by atoms with van der Waals surface area (Å²) in [6.07, 6.45) is 2.72. The first-order chi connectivity index (χ1) is 7.91. The molecule has 1 aromatic carbocycles. The van der Waals surface area contributed by atoms with Gasteiger partial charge in [-0.2, -0.15) is 0 Å². The van der Waals surface area contributed by atoms with E-state index >= 15 is 0 Å². The van der Waals surface area contributed by atoms with Crippen LogP contribution in [0.1, 0.15) is 22.3 Å². The third-order valence-corrected chi connectivity index (χ3v) is 2.02. The normalized spacial score (nSPS) is 10.6. The van der Waals surface area contributed by atoms with Crippen LogP contribution in [0.5, 0.6) is 0 Å². The van der Waals surface area contributed by atoms with Crippen LogP contribution in [0.25, 0.3) is 6.08 Å². The molecular weight excluding hydrogens is 227 g/mol. The van der Waals surface area contributed by atoms with Gasteiger partial charge in [0.25, 0.3) is 0 Å². The zero-order valence-corrected chi connectivity index (χ0v) is 8.81. The SMILES string of the molecule is NC(=O)CC=Cc1cc(F)cc(C(=O)O)c1N. The number of nitrogens with two attached hydrogens (primary N) is 2. The summed E-state index contributed by atoms with van der Waals surface area (Å²) >= 11 is 0. The fourth-order valence-electron chi connectivity index (χ4n) is 1.26. The molecule has 5 N–H and O–H groups in total. The lowest BCUT2D eigenvalue weighted by Crippen LogP contribution is -2.08. The van der Waals surface area contributed by atoms with Crippen molar-refractivity contribution in [2.75, 3.05) is 5.73 Å². The molecule has 0 aliphatic rings. The predicted molar refractivity (Wildman–Crippen MR) is 60.6 cm³/mol. The zero-order chi connectivity index (χ0) is 13.0. The van der Waals surface area contributed by atoms with Gasteiger partial charge in [-0.05, 0) is 12.1 Å². The number of benzene rings is 1. The molecule has 6 heteroatoms. The quantitative estimate of drug-likeness (QED) is 0.680. The van der Waals surface area contributed by atoms with Crippen LogP contribution >= 0.6 is 0 Å². The molecule has 0 spiro atoms. The van der Waals surface area contributed by atoms with Gasteiger partial charge < -0.3 is 16.6 Å². The number of hydrogen-bond acceptors (Lipinski definition) is 3. The summed E-state index contributed by atoms with van der Waals surface area (Å²) in [5.74, 6) is -2.57. The monoisotopic (exact) mass is 238 g/mol. The fraction of sp³-hybridized carbons (Fsp3) is 0.0909. The Hall–Kier alpha value is -2.37. The Balaban J connectivity index is 3.11. The molecule has 1 amide bonds. The van der Waals surface area contributed by atoms with E-state index in [1.165, 1.54) is 12.2 Å². The Labute approximate surface area is 96.5 Å². The van der Waals surface area contributed by atoms with Crippen molar-refractivity contribution >= 4 is 23.6 Å². The first kappa shape index (κ1) is 12.7. The van der Waals surface area contributed by atoms with Crippen LogP contribution < -0.4 is 11.5 Å². The summed E-state index contributed by atoms with van der Waals surface area (Å²) < 4.78 is 13.1. The fourth-order valence-corrected chi connectivity index (χ4v) is 1.26. The smallest absolute Gasteiger partial charge is 0.337 e. The van der Waals surface area contributed by atoms with Gasteiger partial charge in [-0.1, -0.05) is 12.2 Å². The number of anilines is 1. The van der Waals surface area contributed by atoms with Crippen molar-refractivity contribution in [1.82, 2.24) is 0 Å². The molecule has 1 rings (SSSR count). The van der Waals surface area contributed by atoms with Crippen LogP contribution in [0.3, 0.4) is 0 Å². The lowest BCUT2D eigenvalue weighted by atomic mass is 10.1. The topological polar surface area (TPSA) is 106 Å². The number of rotatable bonds is 4. The second-order valence-corrected chi connectivity index (χ2v) is 3.33. The minimum absolute atomic E-state index is 0.0294. The van der Waals surface area contributed by atoms with Gasteiger partial charge in [-0.25, -0.2) is 9.18 Å². The number of carbonyl (C=O) groups excluding carboxylic acids is 1. The van der Waals surface area contributed by atoms with Crippen molar-refractivity contribution in [2.45, 2.75) is 6.42 Å². The van der Waals surface area contributed by atoms with E-state index in [9.17, 15) is 14.0 Å². The van der Waals surface area contributed by atoms with Crippen molar-refractivity contribution in [3.8, 4) is 0 Å². The second kappa shape index (κ2) is 5.11. The highest BCUT2D eigenvalue weighted by Gasteiger charge is 2.12. The maximum absolute atomic E-state index is 13.1. The number of carbonyl (C=O) groups is 2. The van der Waals surface area contributed by atoms with Gasteiger partial charge in [0.05, 0.1) is 11.3 Å². The molecule has 0 aliphatic carbocycles. The predicted octanol–water partition coefficient (Wildman–Crippen LogP) is 0.995. The molecule has 0 saturated heterocycles. The van der Waals surface area contributed by atoms with Crippen LogP contribution in [0.2, 0.25) is 0 Å². The van der Waals surface area contributed by atoms with E-state index in [0.29, 0.717) is 0 Å². The Morgan fingerprint density at radius 3 is 2.59 bits per heavy atom. The number of primary amides is 1. The summed E-state index contributed by atoms with van der Waals surface area (Å²) in [7, 11) is 0. The minimum Gasteiger partial charge on any atom is -0.478 e. The highest BCUT2D eigenvalue weighted by molar-refractivity contribution is 5.96. The Kier molecular flexibility index (Phi) is 3.82. The van der Waals surface area contributed by atoms with Gasteiger partial charge in [-0.3, -0.25) is 4.79 Å². The first-order valence-corrected chi connectivity index (χ1v) is 4.69. The van der Waals surface area contributed by atoms with Gasteiger partial charge in [0.1, 0.15) is 5.82 Å². The number of carboxylic acid groups (broad SMARTS) is 1. The molecule has 0 unspecified atom stereocenters. The summed E-state index contributed by atoms with van der Waals surface area (Å²) in [5, 5.41) is 8.78. The standard InChI is InChI=1S/C11H11FN2O3/c12-7-4-6(2-1-3-9(13)15)10(14)8(5-7)11(16)17/h1-2,4-5H,3,14H2,(H2,13,15)(H,16,17). The molecule has 5 nitrogen and oxygen atoms in total. The summed E-state index contributed by atoms with van der Waals surface area (Å²) in [5.41, 5.74) is 10.3. The van der Waals surface area contributed by atoms with Gasteiger partial charge in [0.15, 0.2) is 0 Å². The largest absolute Gasteiger partial charge is 0.478 e. The number of hydrogen-bond donors (Lipinski definition) is 3. The van der Waals surface area contributed by atoms with Crippen LogP contribution in [-0.2, 0) is 4.79 Å². The second-order valence-electron chi connectivity index (χ2n) is 3.33. The Morgan fingerprint density at radius 2 is 2.06 bits per heavy atom.